The maximum atomic E-state index is 10.4. The molecule has 0 radical (unpaired) electrons. The number of carbonyl (C=O) groups excluding carboxylic acids is 1. The maximum absolute atomic E-state index is 10.4. The van der Waals surface area contributed by atoms with Gasteiger partial charge in [-0.15, -0.1) is 0 Å². The van der Waals surface area contributed by atoms with Crippen LogP contribution in [0.1, 0.15) is 6.92 Å². The van der Waals surface area contributed by atoms with Gasteiger partial charge in [-0.2, -0.15) is 0 Å². The minimum Gasteiger partial charge on any atom is -0.431 e. The van der Waals surface area contributed by atoms with Crippen LogP contribution in [0.2, 0.25) is 0 Å². The fraction of sp³-hybridized carbons (Fsp3) is 0.125. The van der Waals surface area contributed by atoms with Crippen LogP contribution in [0.4, 0.5) is 0 Å². The zero-order valence-corrected chi connectivity index (χ0v) is 5.96. The van der Waals surface area contributed by atoms with Crippen molar-refractivity contribution in [3.8, 4) is 0 Å². The lowest BCUT2D eigenvalue weighted by molar-refractivity contribution is -0.132. The number of hydrogen-bond acceptors (Lipinski definition) is 2. The topological polar surface area (TPSA) is 26.3 Å². The van der Waals surface area contributed by atoms with Gasteiger partial charge < -0.3 is 4.74 Å². The van der Waals surface area contributed by atoms with Crippen molar-refractivity contribution in [2.24, 2.45) is 0 Å². The molecule has 0 bridgehead atoms. The Morgan fingerprint density at radius 2 is 2.00 bits per heavy atom. The summed E-state index contributed by atoms with van der Waals surface area (Å²) in [6.45, 7) is 8.49. The Labute approximate surface area is 60.5 Å². The number of rotatable bonds is 3. The van der Waals surface area contributed by atoms with Crippen molar-refractivity contribution >= 4 is 5.97 Å². The zero-order chi connectivity index (χ0) is 7.98. The van der Waals surface area contributed by atoms with Crippen molar-refractivity contribution in [1.82, 2.24) is 0 Å². The van der Waals surface area contributed by atoms with Crippen molar-refractivity contribution in [2.75, 3.05) is 0 Å². The highest BCUT2D eigenvalue weighted by atomic mass is 16.5. The minimum absolute atomic E-state index is 0.457. The summed E-state index contributed by atoms with van der Waals surface area (Å²) in [7, 11) is 0. The maximum Gasteiger partial charge on any atom is 0.334 e. The van der Waals surface area contributed by atoms with Crippen molar-refractivity contribution in [2.45, 2.75) is 6.92 Å². The van der Waals surface area contributed by atoms with Crippen LogP contribution in [-0.2, 0) is 9.53 Å². The number of ether oxygens (including phenoxy) is 1. The van der Waals surface area contributed by atoms with Crippen molar-refractivity contribution < 1.29 is 9.53 Å². The first kappa shape index (κ1) is 8.69. The molecular weight excluding hydrogens is 128 g/mol. The Hall–Kier alpha value is -1.31. The lowest BCUT2D eigenvalue weighted by Gasteiger charge is -1.92. The molecule has 0 saturated heterocycles. The molecule has 0 fully saturated rings. The van der Waals surface area contributed by atoms with Gasteiger partial charge in [0.1, 0.15) is 0 Å². The average molecular weight is 138 g/mol. The first-order valence-electron chi connectivity index (χ1n) is 2.83. The number of carbonyl (C=O) groups is 1. The molecule has 0 aliphatic rings. The molecule has 0 aromatic heterocycles. The van der Waals surface area contributed by atoms with E-state index in [4.69, 9.17) is 0 Å². The quantitative estimate of drug-likeness (QED) is 0.257. The van der Waals surface area contributed by atoms with Crippen LogP contribution in [0.5, 0.6) is 0 Å². The minimum atomic E-state index is -0.457. The molecule has 0 rings (SSSR count). The third-order valence-electron chi connectivity index (χ3n) is 0.850. The van der Waals surface area contributed by atoms with E-state index in [0.29, 0.717) is 0 Å². The van der Waals surface area contributed by atoms with Crippen LogP contribution in [0, 0.1) is 0 Å². The summed E-state index contributed by atoms with van der Waals surface area (Å²) >= 11 is 0. The SMILES string of the molecule is C=CC(=O)O/C=C(/C)C=C. The predicted octanol–water partition coefficient (Wildman–Crippen LogP) is 1.81. The summed E-state index contributed by atoms with van der Waals surface area (Å²) in [4.78, 5) is 10.4. The van der Waals surface area contributed by atoms with Gasteiger partial charge in [0.05, 0.1) is 6.26 Å². The second-order valence-corrected chi connectivity index (χ2v) is 1.71. The van der Waals surface area contributed by atoms with E-state index >= 15 is 0 Å². The summed E-state index contributed by atoms with van der Waals surface area (Å²) in [5.41, 5.74) is 0.801. The van der Waals surface area contributed by atoms with Gasteiger partial charge in [-0.1, -0.05) is 19.2 Å². The molecular formula is C8H10O2. The van der Waals surface area contributed by atoms with Crippen LogP contribution in [0.25, 0.3) is 0 Å². The average Bonchev–Trinajstić information content (AvgIpc) is 1.99. The van der Waals surface area contributed by atoms with E-state index in [2.05, 4.69) is 17.9 Å². The smallest absolute Gasteiger partial charge is 0.334 e. The molecule has 0 N–H and O–H groups in total. The lowest BCUT2D eigenvalue weighted by Crippen LogP contribution is -1.92. The third kappa shape index (κ3) is 3.66. The van der Waals surface area contributed by atoms with Gasteiger partial charge in [0.15, 0.2) is 0 Å². The molecule has 0 saturated carbocycles. The summed E-state index contributed by atoms with van der Waals surface area (Å²) in [5.74, 6) is -0.457. The van der Waals surface area contributed by atoms with E-state index in [0.717, 1.165) is 11.6 Å². The Morgan fingerprint density at radius 1 is 1.40 bits per heavy atom. The lowest BCUT2D eigenvalue weighted by atomic mass is 10.3. The molecule has 0 atom stereocenters. The molecule has 0 aromatic rings. The molecule has 0 aliphatic heterocycles. The molecule has 0 heterocycles. The third-order valence-corrected chi connectivity index (χ3v) is 0.850. The molecule has 0 unspecified atom stereocenters. The van der Waals surface area contributed by atoms with Crippen LogP contribution in [0.3, 0.4) is 0 Å². The zero-order valence-electron chi connectivity index (χ0n) is 5.96. The van der Waals surface area contributed by atoms with Crippen molar-refractivity contribution in [3.05, 3.63) is 37.1 Å². The van der Waals surface area contributed by atoms with Gasteiger partial charge in [0.2, 0.25) is 0 Å². The van der Waals surface area contributed by atoms with E-state index in [1.807, 2.05) is 0 Å². The van der Waals surface area contributed by atoms with Gasteiger partial charge in [-0.25, -0.2) is 4.79 Å². The second-order valence-electron chi connectivity index (χ2n) is 1.71. The van der Waals surface area contributed by atoms with Crippen LogP contribution >= 0.6 is 0 Å². The Bertz CT molecular complexity index is 178. The molecule has 0 amide bonds. The second kappa shape index (κ2) is 4.56. The molecule has 10 heavy (non-hydrogen) atoms. The molecule has 0 aliphatic carbocycles. The van der Waals surface area contributed by atoms with Crippen LogP contribution in [-0.4, -0.2) is 5.97 Å². The highest BCUT2D eigenvalue weighted by molar-refractivity contribution is 5.81. The van der Waals surface area contributed by atoms with Crippen molar-refractivity contribution in [3.63, 3.8) is 0 Å². The molecule has 2 nitrogen and oxygen atoms in total. The monoisotopic (exact) mass is 138 g/mol. The van der Waals surface area contributed by atoms with Crippen LogP contribution in [0.15, 0.2) is 37.1 Å². The highest BCUT2D eigenvalue weighted by Crippen LogP contribution is 1.93. The van der Waals surface area contributed by atoms with E-state index < -0.39 is 5.97 Å². The highest BCUT2D eigenvalue weighted by Gasteiger charge is 1.89. The predicted molar refractivity (Wildman–Crippen MR) is 40.2 cm³/mol. The van der Waals surface area contributed by atoms with Gasteiger partial charge >= 0.3 is 5.97 Å². The standard InChI is InChI=1S/C8H10O2/c1-4-7(3)6-10-8(9)5-2/h4-6H,1-2H2,3H3/b7-6-. The Kier molecular flexibility index (Phi) is 3.96. The van der Waals surface area contributed by atoms with E-state index in [9.17, 15) is 4.79 Å². The molecule has 54 valence electrons. The van der Waals surface area contributed by atoms with E-state index in [-0.39, 0.29) is 0 Å². The van der Waals surface area contributed by atoms with E-state index in [1.54, 1.807) is 13.0 Å². The Balaban J connectivity index is 3.82. The fourth-order valence-corrected chi connectivity index (χ4v) is 0.247. The van der Waals surface area contributed by atoms with Gasteiger partial charge in [0, 0.05) is 6.08 Å². The number of hydrogen-bond donors (Lipinski definition) is 0. The normalized spacial score (nSPS) is 10.3. The molecule has 0 spiro atoms. The van der Waals surface area contributed by atoms with Gasteiger partial charge in [-0.05, 0) is 12.5 Å². The van der Waals surface area contributed by atoms with Crippen molar-refractivity contribution in [1.29, 1.82) is 0 Å². The first-order chi connectivity index (χ1) is 4.70. The summed E-state index contributed by atoms with van der Waals surface area (Å²) in [5, 5.41) is 0. The Morgan fingerprint density at radius 3 is 2.40 bits per heavy atom. The number of esters is 1. The molecule has 2 heteroatoms. The first-order valence-corrected chi connectivity index (χ1v) is 2.83. The summed E-state index contributed by atoms with van der Waals surface area (Å²) in [6.07, 6.45) is 4.03. The fourth-order valence-electron chi connectivity index (χ4n) is 0.247. The summed E-state index contributed by atoms with van der Waals surface area (Å²) in [6, 6.07) is 0. The van der Waals surface area contributed by atoms with Gasteiger partial charge in [-0.3, -0.25) is 0 Å². The van der Waals surface area contributed by atoms with E-state index in [1.165, 1.54) is 6.26 Å². The molecule has 0 aromatic carbocycles. The summed E-state index contributed by atoms with van der Waals surface area (Å²) < 4.78 is 4.55. The number of allylic oxidation sites excluding steroid dienone is 2. The van der Waals surface area contributed by atoms with Crippen LogP contribution < -0.4 is 0 Å². The van der Waals surface area contributed by atoms with Gasteiger partial charge in [0.25, 0.3) is 0 Å². The largest absolute Gasteiger partial charge is 0.431 e.